The minimum atomic E-state index is -4.23. The van der Waals surface area contributed by atoms with Crippen LogP contribution in [-0.2, 0) is 10.0 Å². The van der Waals surface area contributed by atoms with E-state index in [1.54, 1.807) is 12.1 Å². The molecule has 0 radical (unpaired) electrons. The maximum Gasteiger partial charge on any atom is 0.281 e. The van der Waals surface area contributed by atoms with E-state index in [9.17, 15) is 13.2 Å². The lowest BCUT2D eigenvalue weighted by atomic mass is 10.1. The summed E-state index contributed by atoms with van der Waals surface area (Å²) in [6.07, 6.45) is 3.06. The molecule has 3 N–H and O–H groups in total. The molecule has 206 valence electrons. The molecule has 1 saturated heterocycles. The number of carbonyl (C=O) groups is 1. The highest BCUT2D eigenvalue weighted by molar-refractivity contribution is 7.90. The molecule has 10 heteroatoms. The van der Waals surface area contributed by atoms with Crippen LogP contribution in [0.1, 0.15) is 56.0 Å². The van der Waals surface area contributed by atoms with Crippen molar-refractivity contribution in [3.8, 4) is 17.0 Å². The molecule has 1 saturated carbocycles. The van der Waals surface area contributed by atoms with Gasteiger partial charge in [-0.25, -0.2) is 14.7 Å². The third-order valence-corrected chi connectivity index (χ3v) is 8.41. The Morgan fingerprint density at radius 3 is 2.64 bits per heavy atom. The van der Waals surface area contributed by atoms with E-state index in [1.807, 2.05) is 25.1 Å². The Morgan fingerprint density at radius 2 is 1.95 bits per heavy atom. The van der Waals surface area contributed by atoms with E-state index in [0.29, 0.717) is 30.0 Å². The smallest absolute Gasteiger partial charge is 0.281 e. The number of pyridine rings is 2. The Bertz CT molecular complexity index is 1520. The van der Waals surface area contributed by atoms with E-state index in [1.165, 1.54) is 18.2 Å². The van der Waals surface area contributed by atoms with Crippen LogP contribution in [0.25, 0.3) is 11.3 Å². The third-order valence-electron chi connectivity index (χ3n) is 7.18. The van der Waals surface area contributed by atoms with Crippen molar-refractivity contribution in [2.24, 2.45) is 11.8 Å². The Labute approximate surface area is 229 Å². The predicted octanol–water partition coefficient (Wildman–Crippen LogP) is 4.57. The molecule has 1 spiro atoms. The van der Waals surface area contributed by atoms with Crippen molar-refractivity contribution in [3.05, 3.63) is 59.7 Å². The highest BCUT2D eigenvalue weighted by Gasteiger charge is 2.54. The number of nitrogen functional groups attached to an aromatic ring is 1. The average molecular weight is 550 g/mol. The van der Waals surface area contributed by atoms with Crippen LogP contribution in [0.15, 0.2) is 53.6 Å². The van der Waals surface area contributed by atoms with Gasteiger partial charge in [-0.05, 0) is 86.1 Å². The summed E-state index contributed by atoms with van der Waals surface area (Å²) in [5.41, 5.74) is 8.43. The van der Waals surface area contributed by atoms with Crippen molar-refractivity contribution >= 4 is 27.6 Å². The van der Waals surface area contributed by atoms with Crippen LogP contribution in [-0.4, -0.2) is 43.0 Å². The van der Waals surface area contributed by atoms with Crippen LogP contribution >= 0.6 is 0 Å². The monoisotopic (exact) mass is 549 g/mol. The average Bonchev–Trinajstić information content (AvgIpc) is 3.56. The molecular formula is C29H35N5O4S. The van der Waals surface area contributed by atoms with E-state index < -0.39 is 15.9 Å². The summed E-state index contributed by atoms with van der Waals surface area (Å²) in [7, 11) is -4.23. The Kier molecular flexibility index (Phi) is 7.00. The lowest BCUT2D eigenvalue weighted by molar-refractivity contribution is 0.0981. The first kappa shape index (κ1) is 26.9. The summed E-state index contributed by atoms with van der Waals surface area (Å²) < 4.78 is 34.1. The lowest BCUT2D eigenvalue weighted by Gasteiger charge is -2.28. The molecule has 2 fully saturated rings. The minimum absolute atomic E-state index is 0.0352. The van der Waals surface area contributed by atoms with Gasteiger partial charge in [-0.2, -0.15) is 8.42 Å². The standard InChI is InChI=1S/C29H35N5O4S/c1-18(2)17-38-22-13-19(3)12-21(14-22)24-9-8-23(27(31-24)34-16-20(4)15-29(34)10-11-29)28(35)33-39(36,37)26-7-5-6-25(30)32-26/h5-9,12-14,18,20H,10-11,15-17H2,1-4H3,(H2,30,32)(H,33,35). The SMILES string of the molecule is Cc1cc(OCC(C)C)cc(-c2ccc(C(=O)NS(=O)(=O)c3cccc(N)n3)c(N3CC(C)CC34CC4)n2)c1. The van der Waals surface area contributed by atoms with E-state index in [-0.39, 0.29) is 21.9 Å². The molecule has 1 unspecified atom stereocenters. The van der Waals surface area contributed by atoms with Gasteiger partial charge in [0.1, 0.15) is 17.4 Å². The number of nitrogens with two attached hydrogens (primary N) is 1. The highest BCUT2D eigenvalue weighted by Crippen LogP contribution is 2.53. The largest absolute Gasteiger partial charge is 0.493 e. The zero-order chi connectivity index (χ0) is 27.9. The predicted molar refractivity (Wildman–Crippen MR) is 151 cm³/mol. The Balaban J connectivity index is 1.54. The molecule has 3 aromatic rings. The van der Waals surface area contributed by atoms with Crippen LogP contribution in [0.4, 0.5) is 11.6 Å². The molecule has 5 rings (SSSR count). The molecule has 9 nitrogen and oxygen atoms in total. The Hall–Kier alpha value is -3.66. The van der Waals surface area contributed by atoms with Gasteiger partial charge >= 0.3 is 0 Å². The van der Waals surface area contributed by atoms with Gasteiger partial charge in [-0.15, -0.1) is 0 Å². The number of sulfonamides is 1. The van der Waals surface area contributed by atoms with Gasteiger partial charge in [0.2, 0.25) is 0 Å². The maximum absolute atomic E-state index is 13.5. The summed E-state index contributed by atoms with van der Waals surface area (Å²) in [4.78, 5) is 24.5. The van der Waals surface area contributed by atoms with Gasteiger partial charge in [0.25, 0.3) is 15.9 Å². The normalized spacial score (nSPS) is 18.0. The second-order valence-electron chi connectivity index (χ2n) is 11.3. The summed E-state index contributed by atoms with van der Waals surface area (Å²) >= 11 is 0. The number of carbonyl (C=O) groups excluding carboxylic acids is 1. The number of nitrogens with zero attached hydrogens (tertiary/aromatic N) is 3. The minimum Gasteiger partial charge on any atom is -0.493 e. The number of aryl methyl sites for hydroxylation is 1. The molecule has 1 aromatic carbocycles. The summed E-state index contributed by atoms with van der Waals surface area (Å²) in [6.45, 7) is 9.75. The number of rotatable bonds is 8. The lowest BCUT2D eigenvalue weighted by Crippen LogP contribution is -2.36. The number of hydrogen-bond acceptors (Lipinski definition) is 8. The molecular weight excluding hydrogens is 514 g/mol. The van der Waals surface area contributed by atoms with Crippen LogP contribution in [0.5, 0.6) is 5.75 Å². The maximum atomic E-state index is 13.5. The molecule has 2 aromatic heterocycles. The molecule has 0 bridgehead atoms. The second-order valence-corrected chi connectivity index (χ2v) is 12.9. The van der Waals surface area contributed by atoms with Crippen LogP contribution in [0, 0.1) is 18.8 Å². The summed E-state index contributed by atoms with van der Waals surface area (Å²) in [5, 5.41) is -0.316. The van der Waals surface area contributed by atoms with Gasteiger partial charge in [-0.1, -0.05) is 26.8 Å². The number of amides is 1. The number of hydrogen-bond donors (Lipinski definition) is 2. The quantitative estimate of drug-likeness (QED) is 0.418. The molecule has 2 aliphatic rings. The first-order valence-corrected chi connectivity index (χ1v) is 14.8. The molecule has 1 aliphatic heterocycles. The van der Waals surface area contributed by atoms with Crippen LogP contribution in [0.2, 0.25) is 0 Å². The van der Waals surface area contributed by atoms with Gasteiger partial charge in [0.05, 0.1) is 17.9 Å². The molecule has 3 heterocycles. The third kappa shape index (κ3) is 5.71. The first-order chi connectivity index (χ1) is 18.5. The topological polar surface area (TPSA) is 128 Å². The molecule has 1 aliphatic carbocycles. The van der Waals surface area contributed by atoms with Crippen molar-refractivity contribution in [3.63, 3.8) is 0 Å². The number of ether oxygens (including phenoxy) is 1. The fraction of sp³-hybridized carbons (Fsp3) is 0.414. The molecule has 1 amide bonds. The van der Waals surface area contributed by atoms with Gasteiger partial charge in [0.15, 0.2) is 5.03 Å². The van der Waals surface area contributed by atoms with E-state index >= 15 is 0 Å². The van der Waals surface area contributed by atoms with Crippen molar-refractivity contribution in [2.75, 3.05) is 23.8 Å². The zero-order valence-electron chi connectivity index (χ0n) is 22.8. The van der Waals surface area contributed by atoms with Gasteiger partial charge in [0, 0.05) is 17.6 Å². The first-order valence-electron chi connectivity index (χ1n) is 13.3. The fourth-order valence-electron chi connectivity index (χ4n) is 5.30. The molecule has 1 atom stereocenters. The van der Waals surface area contributed by atoms with Crippen molar-refractivity contribution < 1.29 is 17.9 Å². The number of anilines is 2. The number of aromatic nitrogens is 2. The van der Waals surface area contributed by atoms with E-state index in [2.05, 4.69) is 35.4 Å². The second kappa shape index (κ2) is 10.1. The number of nitrogens with one attached hydrogen (secondary N) is 1. The van der Waals surface area contributed by atoms with Crippen molar-refractivity contribution in [1.82, 2.24) is 14.7 Å². The summed E-state index contributed by atoms with van der Waals surface area (Å²) in [6, 6.07) is 13.6. The number of benzene rings is 1. The van der Waals surface area contributed by atoms with Crippen LogP contribution < -0.4 is 20.1 Å². The highest BCUT2D eigenvalue weighted by atomic mass is 32.2. The van der Waals surface area contributed by atoms with Gasteiger partial charge < -0.3 is 15.4 Å². The van der Waals surface area contributed by atoms with Gasteiger partial charge in [-0.3, -0.25) is 4.79 Å². The van der Waals surface area contributed by atoms with E-state index in [4.69, 9.17) is 15.5 Å². The fourth-order valence-corrected chi connectivity index (χ4v) is 6.24. The van der Waals surface area contributed by atoms with Crippen molar-refractivity contribution in [2.45, 2.75) is 57.5 Å². The van der Waals surface area contributed by atoms with Crippen molar-refractivity contribution in [1.29, 1.82) is 0 Å². The Morgan fingerprint density at radius 1 is 1.18 bits per heavy atom. The zero-order valence-corrected chi connectivity index (χ0v) is 23.6. The molecule has 39 heavy (non-hydrogen) atoms. The van der Waals surface area contributed by atoms with Crippen LogP contribution in [0.3, 0.4) is 0 Å². The summed E-state index contributed by atoms with van der Waals surface area (Å²) in [5.74, 6) is 1.38. The van der Waals surface area contributed by atoms with E-state index in [0.717, 1.165) is 42.7 Å².